The van der Waals surface area contributed by atoms with Crippen LogP contribution >= 0.6 is 23.4 Å². The van der Waals surface area contributed by atoms with Gasteiger partial charge in [-0.2, -0.15) is 0 Å². The molecule has 0 radical (unpaired) electrons. The van der Waals surface area contributed by atoms with Crippen molar-refractivity contribution < 1.29 is 0 Å². The molecule has 0 atom stereocenters. The van der Waals surface area contributed by atoms with Crippen LogP contribution in [0.5, 0.6) is 0 Å². The van der Waals surface area contributed by atoms with E-state index in [-0.39, 0.29) is 0 Å². The van der Waals surface area contributed by atoms with E-state index in [4.69, 9.17) is 11.6 Å². The second kappa shape index (κ2) is 4.88. The van der Waals surface area contributed by atoms with Crippen molar-refractivity contribution >= 4 is 23.4 Å². The van der Waals surface area contributed by atoms with Gasteiger partial charge in [0, 0.05) is 26.0 Å². The third-order valence-corrected chi connectivity index (χ3v) is 3.53. The average molecular weight is 258 g/mol. The number of halogens is 1. The van der Waals surface area contributed by atoms with Crippen LogP contribution in [0, 0.1) is 0 Å². The highest BCUT2D eigenvalue weighted by Crippen LogP contribution is 2.21. The van der Waals surface area contributed by atoms with Gasteiger partial charge in [0.2, 0.25) is 0 Å². The Bertz CT molecular complexity index is 478. The third-order valence-electron chi connectivity index (χ3n) is 2.18. The predicted molar refractivity (Wildman–Crippen MR) is 63.3 cm³/mol. The maximum Gasteiger partial charge on any atom is 0.168 e. The summed E-state index contributed by atoms with van der Waals surface area (Å²) in [5.74, 6) is 1.25. The smallest absolute Gasteiger partial charge is 0.168 e. The summed E-state index contributed by atoms with van der Waals surface area (Å²) in [6, 6.07) is 0. The van der Waals surface area contributed by atoms with Gasteiger partial charge < -0.3 is 4.57 Å². The Morgan fingerprint density at radius 2 is 2.25 bits per heavy atom. The topological polar surface area (TPSA) is 48.5 Å². The molecule has 16 heavy (non-hydrogen) atoms. The predicted octanol–water partition coefficient (Wildman–Crippen LogP) is 1.58. The molecule has 2 aromatic rings. The number of rotatable bonds is 4. The standard InChI is InChI=1S/C9H12ClN5S/c1-14-5-7(12-13-14)6-16-9-11-4-8(3-10)15(9)2/h4-5H,3,6H2,1-2H3. The van der Waals surface area contributed by atoms with Crippen LogP contribution in [0.25, 0.3) is 0 Å². The Morgan fingerprint density at radius 1 is 1.44 bits per heavy atom. The highest BCUT2D eigenvalue weighted by molar-refractivity contribution is 7.98. The van der Waals surface area contributed by atoms with Crippen molar-refractivity contribution in [2.75, 3.05) is 0 Å². The molecule has 2 aromatic heterocycles. The molecule has 0 fully saturated rings. The van der Waals surface area contributed by atoms with Crippen molar-refractivity contribution in [1.82, 2.24) is 24.5 Å². The van der Waals surface area contributed by atoms with Crippen LogP contribution in [0.4, 0.5) is 0 Å². The second-order valence-electron chi connectivity index (χ2n) is 3.40. The van der Waals surface area contributed by atoms with E-state index in [0.29, 0.717) is 5.88 Å². The van der Waals surface area contributed by atoms with Gasteiger partial charge in [-0.1, -0.05) is 17.0 Å². The number of thioether (sulfide) groups is 1. The lowest BCUT2D eigenvalue weighted by atomic mass is 10.5. The summed E-state index contributed by atoms with van der Waals surface area (Å²) in [4.78, 5) is 4.29. The minimum absolute atomic E-state index is 0.481. The SMILES string of the molecule is Cn1cc(CSc2ncc(CCl)n2C)nn1. The van der Waals surface area contributed by atoms with E-state index in [2.05, 4.69) is 15.3 Å². The first kappa shape index (κ1) is 11.5. The number of aromatic nitrogens is 5. The number of imidazole rings is 1. The molecule has 5 nitrogen and oxygen atoms in total. The largest absolute Gasteiger partial charge is 0.325 e. The second-order valence-corrected chi connectivity index (χ2v) is 4.61. The first-order valence-electron chi connectivity index (χ1n) is 4.75. The average Bonchev–Trinajstić information content (AvgIpc) is 2.83. The van der Waals surface area contributed by atoms with Crippen LogP contribution in [-0.2, 0) is 25.7 Å². The molecular weight excluding hydrogens is 246 g/mol. The van der Waals surface area contributed by atoms with E-state index in [1.165, 1.54) is 0 Å². The number of alkyl halides is 1. The summed E-state index contributed by atoms with van der Waals surface area (Å²) in [5, 5.41) is 8.84. The molecule has 0 saturated carbocycles. The number of hydrogen-bond acceptors (Lipinski definition) is 4. The van der Waals surface area contributed by atoms with Crippen LogP contribution in [0.15, 0.2) is 17.6 Å². The number of hydrogen-bond donors (Lipinski definition) is 0. The fourth-order valence-corrected chi connectivity index (χ4v) is 2.38. The molecule has 0 unspecified atom stereocenters. The van der Waals surface area contributed by atoms with Gasteiger partial charge >= 0.3 is 0 Å². The normalized spacial score (nSPS) is 10.9. The first-order chi connectivity index (χ1) is 7.70. The molecule has 0 N–H and O–H groups in total. The maximum atomic E-state index is 5.77. The van der Waals surface area contributed by atoms with Gasteiger partial charge in [-0.3, -0.25) is 4.68 Å². The van der Waals surface area contributed by atoms with Gasteiger partial charge in [0.1, 0.15) is 0 Å². The molecule has 0 bridgehead atoms. The van der Waals surface area contributed by atoms with Crippen LogP contribution in [-0.4, -0.2) is 24.5 Å². The number of nitrogens with zero attached hydrogens (tertiary/aromatic N) is 5. The molecule has 2 rings (SSSR count). The molecule has 0 amide bonds. The summed E-state index contributed by atoms with van der Waals surface area (Å²) in [7, 11) is 3.82. The van der Waals surface area contributed by atoms with Gasteiger partial charge in [0.15, 0.2) is 5.16 Å². The van der Waals surface area contributed by atoms with Crippen molar-refractivity contribution in [3.63, 3.8) is 0 Å². The van der Waals surface area contributed by atoms with Crippen LogP contribution < -0.4 is 0 Å². The highest BCUT2D eigenvalue weighted by Gasteiger charge is 2.07. The lowest BCUT2D eigenvalue weighted by molar-refractivity contribution is 0.714. The van der Waals surface area contributed by atoms with Crippen molar-refractivity contribution in [2.45, 2.75) is 16.8 Å². The Hall–Kier alpha value is -1.01. The quantitative estimate of drug-likeness (QED) is 0.616. The molecule has 0 aliphatic heterocycles. The van der Waals surface area contributed by atoms with Crippen LogP contribution in [0.3, 0.4) is 0 Å². The highest BCUT2D eigenvalue weighted by atomic mass is 35.5. The summed E-state index contributed by atoms with van der Waals surface area (Å²) in [6.07, 6.45) is 3.70. The van der Waals surface area contributed by atoms with Gasteiger partial charge in [-0.25, -0.2) is 4.98 Å². The summed E-state index contributed by atoms with van der Waals surface area (Å²) < 4.78 is 3.69. The van der Waals surface area contributed by atoms with Gasteiger partial charge in [0.25, 0.3) is 0 Å². The summed E-state index contributed by atoms with van der Waals surface area (Å²) in [6.45, 7) is 0. The van der Waals surface area contributed by atoms with Gasteiger partial charge in [-0.05, 0) is 0 Å². The fourth-order valence-electron chi connectivity index (χ4n) is 1.28. The van der Waals surface area contributed by atoms with E-state index >= 15 is 0 Å². The molecule has 0 aliphatic rings. The van der Waals surface area contributed by atoms with Crippen LogP contribution in [0.2, 0.25) is 0 Å². The minimum Gasteiger partial charge on any atom is -0.325 e. The Kier molecular flexibility index (Phi) is 3.50. The van der Waals surface area contributed by atoms with Gasteiger partial charge in [-0.15, -0.1) is 16.7 Å². The van der Waals surface area contributed by atoms with Crippen molar-refractivity contribution in [1.29, 1.82) is 0 Å². The lowest BCUT2D eigenvalue weighted by Crippen LogP contribution is -1.95. The summed E-state index contributed by atoms with van der Waals surface area (Å²) >= 11 is 7.40. The molecular formula is C9H12ClN5S. The maximum absolute atomic E-state index is 5.77. The Balaban J connectivity index is 2.02. The van der Waals surface area contributed by atoms with Crippen molar-refractivity contribution in [2.24, 2.45) is 14.1 Å². The molecule has 2 heterocycles. The van der Waals surface area contributed by atoms with E-state index in [0.717, 1.165) is 22.3 Å². The fraction of sp³-hybridized carbons (Fsp3) is 0.444. The third kappa shape index (κ3) is 2.38. The minimum atomic E-state index is 0.481. The first-order valence-corrected chi connectivity index (χ1v) is 6.27. The molecule has 0 spiro atoms. The Morgan fingerprint density at radius 3 is 2.81 bits per heavy atom. The van der Waals surface area contributed by atoms with E-state index < -0.39 is 0 Å². The van der Waals surface area contributed by atoms with Crippen LogP contribution in [0.1, 0.15) is 11.4 Å². The monoisotopic (exact) mass is 257 g/mol. The van der Waals surface area contributed by atoms with Gasteiger partial charge in [0.05, 0.1) is 23.5 Å². The summed E-state index contributed by atoms with van der Waals surface area (Å²) in [5.41, 5.74) is 1.96. The molecule has 86 valence electrons. The van der Waals surface area contributed by atoms with E-state index in [9.17, 15) is 0 Å². The Labute approximate surface area is 103 Å². The van der Waals surface area contributed by atoms with E-state index in [1.807, 2.05) is 24.9 Å². The van der Waals surface area contributed by atoms with Crippen molar-refractivity contribution in [3.05, 3.63) is 23.8 Å². The molecule has 0 aliphatic carbocycles. The molecule has 7 heteroatoms. The van der Waals surface area contributed by atoms with Crippen molar-refractivity contribution in [3.8, 4) is 0 Å². The molecule has 0 saturated heterocycles. The zero-order valence-corrected chi connectivity index (χ0v) is 10.7. The zero-order chi connectivity index (χ0) is 11.5. The van der Waals surface area contributed by atoms with E-state index in [1.54, 1.807) is 22.6 Å². The lowest BCUT2D eigenvalue weighted by Gasteiger charge is -2.01. The zero-order valence-electron chi connectivity index (χ0n) is 9.09. The molecule has 0 aromatic carbocycles. The number of aryl methyl sites for hydroxylation is 1.